The van der Waals surface area contributed by atoms with E-state index in [2.05, 4.69) is 0 Å². The summed E-state index contributed by atoms with van der Waals surface area (Å²) < 4.78 is 11.2. The molecule has 1 aromatic rings. The summed E-state index contributed by atoms with van der Waals surface area (Å²) in [5.41, 5.74) is 6.81. The molecule has 0 radical (unpaired) electrons. The van der Waals surface area contributed by atoms with Gasteiger partial charge in [-0.05, 0) is 33.8 Å². The summed E-state index contributed by atoms with van der Waals surface area (Å²) in [6, 6.07) is 7.63. The molecule has 0 spiro atoms. The lowest BCUT2D eigenvalue weighted by molar-refractivity contribution is -0.000909. The third kappa shape index (κ3) is 3.45. The average Bonchev–Trinajstić information content (AvgIpc) is 2.28. The van der Waals surface area contributed by atoms with Crippen LogP contribution in [-0.4, -0.2) is 18.8 Å². The van der Waals surface area contributed by atoms with E-state index in [0.717, 1.165) is 11.3 Å². The van der Waals surface area contributed by atoms with Crippen LogP contribution < -0.4 is 10.5 Å². The molecular weight excluding hydrogens is 214 g/mol. The van der Waals surface area contributed by atoms with E-state index in [0.29, 0.717) is 0 Å². The minimum absolute atomic E-state index is 0.133. The lowest BCUT2D eigenvalue weighted by Crippen LogP contribution is -2.37. The zero-order valence-electron chi connectivity index (χ0n) is 11.4. The van der Waals surface area contributed by atoms with Gasteiger partial charge in [-0.1, -0.05) is 18.2 Å². The maximum Gasteiger partial charge on any atom is 0.124 e. The quantitative estimate of drug-likeness (QED) is 0.856. The summed E-state index contributed by atoms with van der Waals surface area (Å²) in [5.74, 6) is 0.833. The van der Waals surface area contributed by atoms with E-state index >= 15 is 0 Å². The first-order valence-corrected chi connectivity index (χ1v) is 5.94. The summed E-state index contributed by atoms with van der Waals surface area (Å²) in [4.78, 5) is 0. The first-order valence-electron chi connectivity index (χ1n) is 5.94. The number of ether oxygens (including phenoxy) is 2. The maximum absolute atomic E-state index is 6.25. The normalized spacial score (nSPS) is 13.8. The van der Waals surface area contributed by atoms with Crippen LogP contribution in [0, 0.1) is 0 Å². The summed E-state index contributed by atoms with van der Waals surface area (Å²) in [5, 5.41) is 0. The summed E-state index contributed by atoms with van der Waals surface area (Å²) in [6.45, 7) is 7.96. The molecule has 0 fully saturated rings. The van der Waals surface area contributed by atoms with Gasteiger partial charge in [-0.3, -0.25) is 0 Å². The van der Waals surface area contributed by atoms with Crippen LogP contribution in [0.25, 0.3) is 0 Å². The predicted octanol–water partition coefficient (Wildman–Crippen LogP) is 2.90. The zero-order valence-corrected chi connectivity index (χ0v) is 11.4. The van der Waals surface area contributed by atoms with Gasteiger partial charge in [0.05, 0.1) is 17.7 Å². The predicted molar refractivity (Wildman–Crippen MR) is 70.2 cm³/mol. The highest BCUT2D eigenvalue weighted by Gasteiger charge is 2.29. The highest BCUT2D eigenvalue weighted by molar-refractivity contribution is 5.37. The molecule has 0 aromatic heterocycles. The fourth-order valence-corrected chi connectivity index (χ4v) is 1.60. The van der Waals surface area contributed by atoms with Crippen LogP contribution in [0.1, 0.15) is 39.3 Å². The minimum Gasteiger partial charge on any atom is -0.491 e. The van der Waals surface area contributed by atoms with Gasteiger partial charge in [-0.25, -0.2) is 0 Å². The monoisotopic (exact) mass is 237 g/mol. The van der Waals surface area contributed by atoms with Crippen molar-refractivity contribution in [1.82, 2.24) is 0 Å². The molecule has 1 rings (SSSR count). The van der Waals surface area contributed by atoms with Crippen LogP contribution >= 0.6 is 0 Å². The first kappa shape index (κ1) is 14.0. The SMILES string of the molecule is COC(C)(C)C(N)c1ccccc1OC(C)C. The van der Waals surface area contributed by atoms with Crippen molar-refractivity contribution < 1.29 is 9.47 Å². The van der Waals surface area contributed by atoms with Crippen LogP contribution in [-0.2, 0) is 4.74 Å². The molecule has 3 nitrogen and oxygen atoms in total. The van der Waals surface area contributed by atoms with Crippen molar-refractivity contribution in [3.63, 3.8) is 0 Å². The zero-order chi connectivity index (χ0) is 13.1. The lowest BCUT2D eigenvalue weighted by Gasteiger charge is -2.31. The molecule has 3 heteroatoms. The third-order valence-corrected chi connectivity index (χ3v) is 2.89. The molecule has 2 N–H and O–H groups in total. The Morgan fingerprint density at radius 2 is 1.76 bits per heavy atom. The van der Waals surface area contributed by atoms with Gasteiger partial charge in [0.25, 0.3) is 0 Å². The van der Waals surface area contributed by atoms with Gasteiger partial charge in [0.1, 0.15) is 5.75 Å². The van der Waals surface area contributed by atoms with Gasteiger partial charge in [0, 0.05) is 12.7 Å². The van der Waals surface area contributed by atoms with Gasteiger partial charge >= 0.3 is 0 Å². The van der Waals surface area contributed by atoms with E-state index in [-0.39, 0.29) is 12.1 Å². The Morgan fingerprint density at radius 3 is 2.29 bits per heavy atom. The second-order valence-corrected chi connectivity index (χ2v) is 4.99. The number of hydrogen-bond acceptors (Lipinski definition) is 3. The average molecular weight is 237 g/mol. The molecule has 0 amide bonds. The Kier molecular flexibility index (Phi) is 4.54. The van der Waals surface area contributed by atoms with E-state index in [1.54, 1.807) is 7.11 Å². The van der Waals surface area contributed by atoms with Crippen molar-refractivity contribution in [1.29, 1.82) is 0 Å². The van der Waals surface area contributed by atoms with E-state index in [1.807, 2.05) is 52.0 Å². The molecule has 0 aliphatic heterocycles. The van der Waals surface area contributed by atoms with Crippen LogP contribution in [0.3, 0.4) is 0 Å². The summed E-state index contributed by atoms with van der Waals surface area (Å²) in [7, 11) is 1.67. The summed E-state index contributed by atoms with van der Waals surface area (Å²) >= 11 is 0. The molecule has 0 heterocycles. The number of para-hydroxylation sites is 1. The fourth-order valence-electron chi connectivity index (χ4n) is 1.60. The number of hydrogen-bond donors (Lipinski definition) is 1. The van der Waals surface area contributed by atoms with Crippen LogP contribution in [0.4, 0.5) is 0 Å². The largest absolute Gasteiger partial charge is 0.491 e. The highest BCUT2D eigenvalue weighted by atomic mass is 16.5. The van der Waals surface area contributed by atoms with Crippen molar-refractivity contribution in [2.45, 2.75) is 45.4 Å². The standard InChI is InChI=1S/C14H23NO2/c1-10(2)17-12-9-7-6-8-11(12)13(15)14(3,4)16-5/h6-10,13H,15H2,1-5H3. The van der Waals surface area contributed by atoms with Gasteiger partial charge in [0.2, 0.25) is 0 Å². The molecule has 1 unspecified atom stereocenters. The lowest BCUT2D eigenvalue weighted by atomic mass is 9.92. The fraction of sp³-hybridized carbons (Fsp3) is 0.571. The summed E-state index contributed by atoms with van der Waals surface area (Å²) in [6.07, 6.45) is 0.133. The van der Waals surface area contributed by atoms with E-state index in [4.69, 9.17) is 15.2 Å². The highest BCUT2D eigenvalue weighted by Crippen LogP contribution is 2.32. The number of methoxy groups -OCH3 is 1. The third-order valence-electron chi connectivity index (χ3n) is 2.89. The van der Waals surface area contributed by atoms with Crippen LogP contribution in [0.15, 0.2) is 24.3 Å². The smallest absolute Gasteiger partial charge is 0.124 e. The van der Waals surface area contributed by atoms with Gasteiger partial charge in [0.15, 0.2) is 0 Å². The topological polar surface area (TPSA) is 44.5 Å². The Balaban J connectivity index is 3.04. The molecule has 0 aliphatic rings. The van der Waals surface area contributed by atoms with Gasteiger partial charge < -0.3 is 15.2 Å². The Morgan fingerprint density at radius 1 is 1.18 bits per heavy atom. The maximum atomic E-state index is 6.25. The molecule has 0 saturated carbocycles. The van der Waals surface area contributed by atoms with E-state index in [9.17, 15) is 0 Å². The molecule has 17 heavy (non-hydrogen) atoms. The molecule has 1 atom stereocenters. The van der Waals surface area contributed by atoms with Gasteiger partial charge in [-0.2, -0.15) is 0 Å². The number of rotatable bonds is 5. The first-order chi connectivity index (χ1) is 7.88. The van der Waals surface area contributed by atoms with Crippen LogP contribution in [0.2, 0.25) is 0 Å². The second kappa shape index (κ2) is 5.52. The Hall–Kier alpha value is -1.06. The van der Waals surface area contributed by atoms with E-state index in [1.165, 1.54) is 0 Å². The molecule has 0 aliphatic carbocycles. The van der Waals surface area contributed by atoms with Crippen LogP contribution in [0.5, 0.6) is 5.75 Å². The molecule has 96 valence electrons. The number of benzene rings is 1. The van der Waals surface area contributed by atoms with E-state index < -0.39 is 5.60 Å². The minimum atomic E-state index is -0.420. The van der Waals surface area contributed by atoms with Crippen molar-refractivity contribution in [3.8, 4) is 5.75 Å². The van der Waals surface area contributed by atoms with Crippen molar-refractivity contribution in [2.24, 2.45) is 5.73 Å². The Bertz CT molecular complexity index is 361. The second-order valence-electron chi connectivity index (χ2n) is 4.99. The molecule has 0 bridgehead atoms. The number of nitrogens with two attached hydrogens (primary N) is 1. The van der Waals surface area contributed by atoms with Gasteiger partial charge in [-0.15, -0.1) is 0 Å². The van der Waals surface area contributed by atoms with Crippen molar-refractivity contribution in [2.75, 3.05) is 7.11 Å². The van der Waals surface area contributed by atoms with Crippen molar-refractivity contribution in [3.05, 3.63) is 29.8 Å². The molecular formula is C14H23NO2. The Labute approximate surface area is 104 Å². The van der Waals surface area contributed by atoms with Crippen molar-refractivity contribution >= 4 is 0 Å². The molecule has 1 aromatic carbocycles. The molecule has 0 saturated heterocycles.